The summed E-state index contributed by atoms with van der Waals surface area (Å²) in [7, 11) is 0. The van der Waals surface area contributed by atoms with Crippen molar-refractivity contribution in [3.63, 3.8) is 0 Å². The third kappa shape index (κ3) is 3.60. The molecule has 0 spiro atoms. The molecular formula is C19H22N4O6. The Bertz CT molecular complexity index is 866. The molecule has 0 aromatic heterocycles. The molecule has 2 saturated heterocycles. The number of fused-ring (bicyclic) bond motifs is 1. The number of ether oxygens (including phenoxy) is 1. The van der Waals surface area contributed by atoms with Gasteiger partial charge in [0.1, 0.15) is 5.56 Å². The molecular weight excluding hydrogens is 380 g/mol. The molecule has 10 heteroatoms. The quantitative estimate of drug-likeness (QED) is 0.414. The van der Waals surface area contributed by atoms with Gasteiger partial charge in [-0.05, 0) is 25.5 Å². The Kier molecular flexibility index (Phi) is 5.29. The fourth-order valence-corrected chi connectivity index (χ4v) is 4.22. The summed E-state index contributed by atoms with van der Waals surface area (Å²) in [6, 6.07) is 4.07. The van der Waals surface area contributed by atoms with E-state index >= 15 is 0 Å². The van der Waals surface area contributed by atoms with Gasteiger partial charge in [-0.2, -0.15) is 0 Å². The molecule has 4 rings (SSSR count). The van der Waals surface area contributed by atoms with E-state index < -0.39 is 16.7 Å². The van der Waals surface area contributed by atoms with Gasteiger partial charge in [0.05, 0.1) is 36.3 Å². The van der Waals surface area contributed by atoms with Gasteiger partial charge in [-0.25, -0.2) is 0 Å². The second kappa shape index (κ2) is 7.88. The van der Waals surface area contributed by atoms with Crippen molar-refractivity contribution in [1.29, 1.82) is 0 Å². The molecule has 1 aromatic rings. The monoisotopic (exact) mass is 402 g/mol. The Morgan fingerprint density at radius 2 is 1.93 bits per heavy atom. The van der Waals surface area contributed by atoms with E-state index in [0.29, 0.717) is 39.4 Å². The first kappa shape index (κ1) is 19.5. The van der Waals surface area contributed by atoms with Crippen molar-refractivity contribution < 1.29 is 24.0 Å². The van der Waals surface area contributed by atoms with E-state index in [1.54, 1.807) is 0 Å². The summed E-state index contributed by atoms with van der Waals surface area (Å²) in [6.07, 6.45) is 1.55. The molecule has 1 unspecified atom stereocenters. The predicted octanol–water partition coefficient (Wildman–Crippen LogP) is 0.719. The van der Waals surface area contributed by atoms with Crippen LogP contribution in [0.15, 0.2) is 18.2 Å². The third-order valence-electron chi connectivity index (χ3n) is 5.69. The van der Waals surface area contributed by atoms with Gasteiger partial charge in [0.25, 0.3) is 17.5 Å². The summed E-state index contributed by atoms with van der Waals surface area (Å²) in [6.45, 7) is 3.37. The van der Waals surface area contributed by atoms with E-state index in [9.17, 15) is 24.5 Å². The number of morpholine rings is 1. The number of rotatable bonds is 4. The summed E-state index contributed by atoms with van der Waals surface area (Å²) in [5, 5.41) is 11.2. The molecule has 10 nitrogen and oxygen atoms in total. The van der Waals surface area contributed by atoms with Crippen molar-refractivity contribution in [2.24, 2.45) is 5.92 Å². The number of piperidine rings is 1. The molecule has 0 bridgehead atoms. The van der Waals surface area contributed by atoms with Crippen LogP contribution in [0.3, 0.4) is 0 Å². The number of likely N-dealkylation sites (tertiary alicyclic amines) is 1. The van der Waals surface area contributed by atoms with Gasteiger partial charge in [0.2, 0.25) is 5.91 Å². The molecule has 3 heterocycles. The summed E-state index contributed by atoms with van der Waals surface area (Å²) in [5.74, 6) is -1.29. The molecule has 29 heavy (non-hydrogen) atoms. The lowest BCUT2D eigenvalue weighted by Gasteiger charge is -2.37. The summed E-state index contributed by atoms with van der Waals surface area (Å²) >= 11 is 0. The van der Waals surface area contributed by atoms with E-state index in [2.05, 4.69) is 0 Å². The van der Waals surface area contributed by atoms with Gasteiger partial charge in [0, 0.05) is 25.7 Å². The Morgan fingerprint density at radius 3 is 2.66 bits per heavy atom. The van der Waals surface area contributed by atoms with E-state index in [0.717, 1.165) is 17.7 Å². The molecule has 154 valence electrons. The number of hydrogen-bond acceptors (Lipinski definition) is 7. The maximum atomic E-state index is 12.8. The minimum Gasteiger partial charge on any atom is -0.378 e. The standard InChI is InChI=1S/C19H22N4O6/c24-17(21-7-9-29-10-8-21)13-3-2-6-20(11-13)12-22-18(25)14-4-1-5-15(23(27)28)16(14)19(22)26/h1,4-5,13H,2-3,6-12H2. The van der Waals surface area contributed by atoms with Crippen molar-refractivity contribution >= 4 is 23.4 Å². The predicted molar refractivity (Wildman–Crippen MR) is 100 cm³/mol. The average Bonchev–Trinajstić information content (AvgIpc) is 2.99. The van der Waals surface area contributed by atoms with Crippen molar-refractivity contribution in [3.8, 4) is 0 Å². The first-order valence-corrected chi connectivity index (χ1v) is 9.70. The maximum Gasteiger partial charge on any atom is 0.282 e. The SMILES string of the molecule is O=C(C1CCCN(CN2C(=O)c3cccc([N+](=O)[O-])c3C2=O)C1)N1CCOCC1. The highest BCUT2D eigenvalue weighted by Gasteiger charge is 2.42. The lowest BCUT2D eigenvalue weighted by Crippen LogP contribution is -2.51. The van der Waals surface area contributed by atoms with Gasteiger partial charge < -0.3 is 9.64 Å². The largest absolute Gasteiger partial charge is 0.378 e. The van der Waals surface area contributed by atoms with Crippen LogP contribution in [0.5, 0.6) is 0 Å². The van der Waals surface area contributed by atoms with Crippen LogP contribution < -0.4 is 0 Å². The summed E-state index contributed by atoms with van der Waals surface area (Å²) < 4.78 is 5.29. The highest BCUT2D eigenvalue weighted by atomic mass is 16.6. The molecule has 3 aliphatic heterocycles. The second-order valence-electron chi connectivity index (χ2n) is 7.49. The topological polar surface area (TPSA) is 113 Å². The maximum absolute atomic E-state index is 12.8. The number of amides is 3. The van der Waals surface area contributed by atoms with Crippen LogP contribution in [0.4, 0.5) is 5.69 Å². The highest BCUT2D eigenvalue weighted by molar-refractivity contribution is 6.23. The van der Waals surface area contributed by atoms with Gasteiger partial charge in [-0.3, -0.25) is 34.3 Å². The number of carbonyl (C=O) groups is 3. The normalized spacial score (nSPS) is 22.7. The first-order valence-electron chi connectivity index (χ1n) is 9.70. The number of benzene rings is 1. The van der Waals surface area contributed by atoms with Crippen molar-refractivity contribution in [2.75, 3.05) is 46.1 Å². The molecule has 0 saturated carbocycles. The third-order valence-corrected chi connectivity index (χ3v) is 5.69. The van der Waals surface area contributed by atoms with Crippen LogP contribution in [-0.2, 0) is 9.53 Å². The van der Waals surface area contributed by atoms with Gasteiger partial charge in [-0.15, -0.1) is 0 Å². The second-order valence-corrected chi connectivity index (χ2v) is 7.49. The van der Waals surface area contributed by atoms with Gasteiger partial charge >= 0.3 is 0 Å². The molecule has 3 amide bonds. The van der Waals surface area contributed by atoms with E-state index in [4.69, 9.17) is 4.74 Å². The van der Waals surface area contributed by atoms with E-state index in [1.807, 2.05) is 9.80 Å². The van der Waals surface area contributed by atoms with Crippen LogP contribution in [0.1, 0.15) is 33.6 Å². The number of nitro groups is 1. The average molecular weight is 402 g/mol. The Labute approximate surface area is 167 Å². The lowest BCUT2D eigenvalue weighted by molar-refractivity contribution is -0.385. The zero-order valence-corrected chi connectivity index (χ0v) is 15.9. The van der Waals surface area contributed by atoms with Crippen LogP contribution in [0.2, 0.25) is 0 Å². The zero-order chi connectivity index (χ0) is 20.5. The van der Waals surface area contributed by atoms with Crippen molar-refractivity contribution in [1.82, 2.24) is 14.7 Å². The smallest absolute Gasteiger partial charge is 0.282 e. The Hall–Kier alpha value is -2.85. The lowest BCUT2D eigenvalue weighted by atomic mass is 9.96. The number of carbonyl (C=O) groups excluding carboxylic acids is 3. The molecule has 1 aromatic carbocycles. The fourth-order valence-electron chi connectivity index (χ4n) is 4.22. The summed E-state index contributed by atoms with van der Waals surface area (Å²) in [4.78, 5) is 53.6. The van der Waals surface area contributed by atoms with E-state index in [-0.39, 0.29) is 35.3 Å². The number of hydrogen-bond donors (Lipinski definition) is 0. The molecule has 0 N–H and O–H groups in total. The highest BCUT2D eigenvalue weighted by Crippen LogP contribution is 2.31. The summed E-state index contributed by atoms with van der Waals surface area (Å²) in [5.41, 5.74) is -0.454. The van der Waals surface area contributed by atoms with Crippen LogP contribution in [0, 0.1) is 16.0 Å². The first-order chi connectivity index (χ1) is 14.0. The minimum atomic E-state index is -0.654. The van der Waals surface area contributed by atoms with E-state index in [1.165, 1.54) is 18.2 Å². The van der Waals surface area contributed by atoms with Crippen LogP contribution >= 0.6 is 0 Å². The molecule has 1 atom stereocenters. The molecule has 2 fully saturated rings. The molecule has 3 aliphatic rings. The van der Waals surface area contributed by atoms with Crippen molar-refractivity contribution in [3.05, 3.63) is 39.4 Å². The van der Waals surface area contributed by atoms with Crippen molar-refractivity contribution in [2.45, 2.75) is 12.8 Å². The molecule has 0 radical (unpaired) electrons. The fraction of sp³-hybridized carbons (Fsp3) is 0.526. The molecule has 0 aliphatic carbocycles. The van der Waals surface area contributed by atoms with Gasteiger partial charge in [0.15, 0.2) is 0 Å². The number of nitrogens with zero attached hydrogens (tertiary/aromatic N) is 4. The zero-order valence-electron chi connectivity index (χ0n) is 15.9. The Balaban J connectivity index is 1.46. The van der Waals surface area contributed by atoms with Crippen LogP contribution in [-0.4, -0.2) is 83.4 Å². The number of nitro benzene ring substituents is 1. The van der Waals surface area contributed by atoms with Gasteiger partial charge in [-0.1, -0.05) is 6.07 Å². The minimum absolute atomic E-state index is 0.0242. The van der Waals surface area contributed by atoms with Crippen LogP contribution in [0.25, 0.3) is 0 Å². The Morgan fingerprint density at radius 1 is 1.17 bits per heavy atom. The number of imide groups is 1.